The highest BCUT2D eigenvalue weighted by Crippen LogP contribution is 2.12. The number of aliphatic hydroxyl groups excluding tert-OH is 2. The van der Waals surface area contributed by atoms with E-state index >= 15 is 0 Å². The Balaban J connectivity index is 1.70. The Labute approximate surface area is 465 Å². The van der Waals surface area contributed by atoms with Gasteiger partial charge in [0.05, 0.1) is 31.8 Å². The fourth-order valence-electron chi connectivity index (χ4n) is 8.08. The molecule has 0 aliphatic carbocycles. The Morgan fingerprint density at radius 1 is 0.450 bits per heavy atom. The van der Waals surface area contributed by atoms with Crippen LogP contribution < -0.4 is 65.1 Å². The molecule has 25 heteroatoms. The summed E-state index contributed by atoms with van der Waals surface area (Å²) in [5.41, 5.74) is 19.0. The molecule has 0 heterocycles. The molecule has 0 saturated carbocycles. The smallest absolute Gasteiger partial charge is 0.326 e. The molecule has 0 bridgehead atoms. The number of nitrogens with two attached hydrogens (primary N) is 3. The Bertz CT molecular complexity index is 2470. The van der Waals surface area contributed by atoms with E-state index < -0.39 is 139 Å². The molecule has 3 aromatic rings. The number of unbranched alkanes of at least 4 members (excludes halogenated alkanes) is 2. The van der Waals surface area contributed by atoms with Gasteiger partial charge in [0.15, 0.2) is 0 Å². The number of benzene rings is 3. The third kappa shape index (κ3) is 24.0. The molecule has 0 aromatic heterocycles. The zero-order valence-electron chi connectivity index (χ0n) is 45.5. The summed E-state index contributed by atoms with van der Waals surface area (Å²) in [5, 5.41) is 52.7. The van der Waals surface area contributed by atoms with Crippen molar-refractivity contribution >= 4 is 59.1 Å². The normalized spacial score (nSPS) is 14.4. The molecule has 0 unspecified atom stereocenters. The van der Waals surface area contributed by atoms with Gasteiger partial charge in [-0.05, 0) is 74.7 Å². The van der Waals surface area contributed by atoms with Crippen molar-refractivity contribution in [2.45, 2.75) is 133 Å². The molecule has 0 aliphatic rings. The fourth-order valence-corrected chi connectivity index (χ4v) is 8.08. The average molecular weight is 1120 g/mol. The Morgan fingerprint density at radius 3 is 1.29 bits per heavy atom. The van der Waals surface area contributed by atoms with Gasteiger partial charge in [0.25, 0.3) is 0 Å². The number of carbonyl (C=O) groups excluding carboxylic acids is 9. The molecule has 0 aliphatic heterocycles. The molecule has 438 valence electrons. The van der Waals surface area contributed by atoms with Crippen LogP contribution in [0.25, 0.3) is 0 Å². The molecule has 0 spiro atoms. The van der Waals surface area contributed by atoms with E-state index in [1.54, 1.807) is 105 Å². The van der Waals surface area contributed by atoms with Crippen LogP contribution in [-0.4, -0.2) is 162 Å². The molecule has 0 radical (unpaired) electrons. The van der Waals surface area contributed by atoms with Crippen molar-refractivity contribution in [2.24, 2.45) is 23.1 Å². The lowest BCUT2D eigenvalue weighted by molar-refractivity contribution is -0.142. The third-order valence-electron chi connectivity index (χ3n) is 12.6. The summed E-state index contributed by atoms with van der Waals surface area (Å²) in [5.74, 6) is -9.52. The summed E-state index contributed by atoms with van der Waals surface area (Å²) < 4.78 is 0. The van der Waals surface area contributed by atoms with Crippen molar-refractivity contribution in [3.05, 3.63) is 108 Å². The lowest BCUT2D eigenvalue weighted by atomic mass is 9.99. The van der Waals surface area contributed by atoms with Gasteiger partial charge in [0.1, 0.15) is 42.3 Å². The summed E-state index contributed by atoms with van der Waals surface area (Å²) >= 11 is 0. The van der Waals surface area contributed by atoms with Crippen LogP contribution in [0.1, 0.15) is 76.0 Å². The van der Waals surface area contributed by atoms with Crippen LogP contribution in [0.4, 0.5) is 0 Å². The van der Waals surface area contributed by atoms with E-state index in [0.717, 1.165) is 0 Å². The SMILES string of the molecule is CC(C)[C@H](NC(=O)[C@H](Cc1ccccc1)NC(=O)[C@H](Cc1ccccc1)NC(=O)CNC(=O)[C@H](CO)NC(=O)CNC(=O)[C@H](CCCCN)NC(=O)[C@@H](NC(=O)[C@@H](N)CCCCN)[C@@H](C)O)C(=O)N[C@@H](Cc1ccccc1)C(=O)O. The summed E-state index contributed by atoms with van der Waals surface area (Å²) in [6, 6.07) is 15.2. The van der Waals surface area contributed by atoms with Gasteiger partial charge in [-0.1, -0.05) is 111 Å². The van der Waals surface area contributed by atoms with Crippen molar-refractivity contribution in [1.29, 1.82) is 0 Å². The second kappa shape index (κ2) is 35.6. The molecular formula is C55H80N12O13. The predicted molar refractivity (Wildman–Crippen MR) is 295 cm³/mol. The first kappa shape index (κ1) is 66.4. The average Bonchev–Trinajstić information content (AvgIpc) is 3.45. The number of hydrogen-bond acceptors (Lipinski definition) is 15. The first-order valence-electron chi connectivity index (χ1n) is 26.6. The van der Waals surface area contributed by atoms with Crippen molar-refractivity contribution in [3.8, 4) is 0 Å². The third-order valence-corrected chi connectivity index (χ3v) is 12.6. The molecular weight excluding hydrogens is 1040 g/mol. The maximum Gasteiger partial charge on any atom is 0.326 e. The molecule has 18 N–H and O–H groups in total. The van der Waals surface area contributed by atoms with E-state index in [-0.39, 0.29) is 38.6 Å². The zero-order valence-corrected chi connectivity index (χ0v) is 45.5. The van der Waals surface area contributed by atoms with Gasteiger partial charge >= 0.3 is 5.97 Å². The second-order valence-electron chi connectivity index (χ2n) is 19.6. The van der Waals surface area contributed by atoms with Crippen molar-refractivity contribution in [2.75, 3.05) is 32.8 Å². The number of carboxylic acid groups (broad SMARTS) is 1. The topological polar surface area (TPSA) is 418 Å². The molecule has 0 fully saturated rings. The molecule has 9 amide bonds. The standard InChI is InChI=1S/C55H80N12O13/c1-33(2)46(53(77)65-42(55(79)80)29-37-21-11-6-12-22-37)66-52(76)41(28-36-19-9-5-10-20-36)64-51(75)40(27-35-17-7-4-8-18-35)61-44(70)30-60-50(74)43(32-68)62-45(71)31-59-49(73)39(24-14-16-26-57)63-54(78)47(34(3)69)67-48(72)38(58)23-13-15-25-56/h4-12,17-22,33-34,38-43,46-47,68-69H,13-16,23-32,56-58H2,1-3H3,(H,59,73)(H,60,74)(H,61,70)(H,62,71)(H,63,78)(H,64,75)(H,65,77)(H,66,76)(H,67,72)(H,79,80)/t34-,38+,39+,40+,41+,42+,43+,46+,47+/m1/s1. The quantitative estimate of drug-likeness (QED) is 0.0259. The number of aliphatic hydroxyl groups is 2. The summed E-state index contributed by atoms with van der Waals surface area (Å²) in [7, 11) is 0. The number of amides is 9. The van der Waals surface area contributed by atoms with Crippen LogP contribution >= 0.6 is 0 Å². The number of aliphatic carboxylic acids is 1. The maximum absolute atomic E-state index is 14.3. The Morgan fingerprint density at radius 2 is 0.838 bits per heavy atom. The van der Waals surface area contributed by atoms with Crippen LogP contribution in [-0.2, 0) is 67.2 Å². The summed E-state index contributed by atoms with van der Waals surface area (Å²) in [6.07, 6.45) is 0.734. The molecule has 0 saturated heterocycles. The van der Waals surface area contributed by atoms with Crippen molar-refractivity contribution in [3.63, 3.8) is 0 Å². The number of rotatable bonds is 36. The van der Waals surface area contributed by atoms with E-state index in [9.17, 15) is 63.3 Å². The van der Waals surface area contributed by atoms with E-state index in [4.69, 9.17) is 17.2 Å². The highest BCUT2D eigenvalue weighted by Gasteiger charge is 2.35. The fraction of sp³-hybridized carbons (Fsp3) is 0.491. The number of carboxylic acids is 1. The molecule has 3 aromatic carbocycles. The molecule has 25 nitrogen and oxygen atoms in total. The number of carbonyl (C=O) groups is 10. The highest BCUT2D eigenvalue weighted by molar-refractivity contribution is 5.97. The molecule has 3 rings (SSSR count). The first-order chi connectivity index (χ1) is 38.2. The minimum absolute atomic E-state index is 0.0268. The van der Waals surface area contributed by atoms with Crippen molar-refractivity contribution < 1.29 is 63.3 Å². The van der Waals surface area contributed by atoms with Gasteiger partial charge in [-0.25, -0.2) is 4.79 Å². The lowest BCUT2D eigenvalue weighted by Gasteiger charge is -2.28. The van der Waals surface area contributed by atoms with Crippen LogP contribution in [0.3, 0.4) is 0 Å². The van der Waals surface area contributed by atoms with Gasteiger partial charge in [0, 0.05) is 19.3 Å². The number of hydrogen-bond donors (Lipinski definition) is 15. The van der Waals surface area contributed by atoms with Crippen molar-refractivity contribution in [1.82, 2.24) is 47.9 Å². The molecule has 9 atom stereocenters. The second-order valence-corrected chi connectivity index (χ2v) is 19.6. The summed E-state index contributed by atoms with van der Waals surface area (Å²) in [4.78, 5) is 134. The summed E-state index contributed by atoms with van der Waals surface area (Å²) in [6.45, 7) is 2.78. The van der Waals surface area contributed by atoms with Gasteiger partial charge in [-0.15, -0.1) is 0 Å². The lowest BCUT2D eigenvalue weighted by Crippen LogP contribution is -2.60. The van der Waals surface area contributed by atoms with Gasteiger partial charge in [-0.3, -0.25) is 43.2 Å². The Hall–Kier alpha value is -7.84. The van der Waals surface area contributed by atoms with Gasteiger partial charge in [-0.2, -0.15) is 0 Å². The maximum atomic E-state index is 14.3. The van der Waals surface area contributed by atoms with Crippen LogP contribution in [0.2, 0.25) is 0 Å². The molecule has 80 heavy (non-hydrogen) atoms. The van der Waals surface area contributed by atoms with Gasteiger partial charge < -0.3 is 80.4 Å². The van der Waals surface area contributed by atoms with Crippen LogP contribution in [0.5, 0.6) is 0 Å². The largest absolute Gasteiger partial charge is 0.480 e. The van der Waals surface area contributed by atoms with E-state index in [1.165, 1.54) is 6.92 Å². The highest BCUT2D eigenvalue weighted by atomic mass is 16.4. The monoisotopic (exact) mass is 1120 g/mol. The minimum Gasteiger partial charge on any atom is -0.480 e. The minimum atomic E-state index is -1.64. The van der Waals surface area contributed by atoms with E-state index in [2.05, 4.69) is 47.9 Å². The first-order valence-corrected chi connectivity index (χ1v) is 26.6. The van der Waals surface area contributed by atoms with E-state index in [1.807, 2.05) is 0 Å². The number of nitrogens with one attached hydrogen (secondary N) is 9. The van der Waals surface area contributed by atoms with Gasteiger partial charge in [0.2, 0.25) is 53.2 Å². The van der Waals surface area contributed by atoms with E-state index in [0.29, 0.717) is 48.9 Å². The zero-order chi connectivity index (χ0) is 59.1. The van der Waals surface area contributed by atoms with Crippen LogP contribution in [0, 0.1) is 5.92 Å². The van der Waals surface area contributed by atoms with Crippen LogP contribution in [0.15, 0.2) is 91.0 Å². The predicted octanol–water partition coefficient (Wildman–Crippen LogP) is -2.96. The Kier molecular flexibility index (Phi) is 29.6.